The summed E-state index contributed by atoms with van der Waals surface area (Å²) in [6.45, 7) is 9.26. The minimum atomic E-state index is -0.105. The number of rotatable bonds is 20. The highest BCUT2D eigenvalue weighted by Crippen LogP contribution is 2.41. The van der Waals surface area contributed by atoms with Crippen LogP contribution in [0.5, 0.6) is 0 Å². The SMILES string of the molecule is CCCCOC(=O)CCCCCSC1=C(OC(=O)CCC)CCC1/C=C/CCC(C)CCCC. The number of carbonyl (C=O) groups is 2. The lowest BCUT2D eigenvalue weighted by Gasteiger charge is -2.13. The van der Waals surface area contributed by atoms with Gasteiger partial charge in [-0.25, -0.2) is 0 Å². The zero-order valence-electron chi connectivity index (χ0n) is 22.4. The first-order valence-electron chi connectivity index (χ1n) is 13.9. The zero-order chi connectivity index (χ0) is 25.0. The summed E-state index contributed by atoms with van der Waals surface area (Å²) >= 11 is 1.85. The maximum Gasteiger partial charge on any atom is 0.310 e. The summed E-state index contributed by atoms with van der Waals surface area (Å²) in [4.78, 5) is 25.1. The maximum absolute atomic E-state index is 12.1. The first-order valence-corrected chi connectivity index (χ1v) is 14.9. The molecule has 2 atom stereocenters. The Morgan fingerprint density at radius 1 is 0.971 bits per heavy atom. The maximum atomic E-state index is 12.1. The number of thioether (sulfide) groups is 1. The van der Waals surface area contributed by atoms with Crippen molar-refractivity contribution in [3.8, 4) is 0 Å². The molecule has 0 N–H and O–H groups in total. The van der Waals surface area contributed by atoms with E-state index in [2.05, 4.69) is 32.9 Å². The van der Waals surface area contributed by atoms with Crippen molar-refractivity contribution in [2.75, 3.05) is 12.4 Å². The Morgan fingerprint density at radius 3 is 2.50 bits per heavy atom. The summed E-state index contributed by atoms with van der Waals surface area (Å²) in [6.07, 6.45) is 19.6. The molecule has 0 aliphatic heterocycles. The molecule has 0 heterocycles. The molecule has 5 heteroatoms. The second-order valence-corrected chi connectivity index (χ2v) is 10.8. The fraction of sp³-hybridized carbons (Fsp3) is 0.793. The molecule has 0 saturated carbocycles. The quantitative estimate of drug-likeness (QED) is 0.0961. The fourth-order valence-electron chi connectivity index (χ4n) is 4.08. The third kappa shape index (κ3) is 14.2. The lowest BCUT2D eigenvalue weighted by Crippen LogP contribution is -2.05. The summed E-state index contributed by atoms with van der Waals surface area (Å²) < 4.78 is 11.0. The van der Waals surface area contributed by atoms with Gasteiger partial charge in [-0.2, -0.15) is 0 Å². The van der Waals surface area contributed by atoms with Crippen LogP contribution in [0.25, 0.3) is 0 Å². The third-order valence-electron chi connectivity index (χ3n) is 6.27. The molecule has 0 radical (unpaired) electrons. The van der Waals surface area contributed by atoms with Gasteiger partial charge in [-0.15, -0.1) is 11.8 Å². The van der Waals surface area contributed by atoms with E-state index in [9.17, 15) is 9.59 Å². The fourth-order valence-corrected chi connectivity index (χ4v) is 5.37. The van der Waals surface area contributed by atoms with Gasteiger partial charge in [0.2, 0.25) is 0 Å². The molecule has 0 bridgehead atoms. The Morgan fingerprint density at radius 2 is 1.76 bits per heavy atom. The van der Waals surface area contributed by atoms with Gasteiger partial charge in [0.25, 0.3) is 0 Å². The minimum absolute atomic E-state index is 0.0704. The van der Waals surface area contributed by atoms with Crippen LogP contribution in [0.15, 0.2) is 22.8 Å². The van der Waals surface area contributed by atoms with Gasteiger partial charge in [-0.1, -0.05) is 72.0 Å². The lowest BCUT2D eigenvalue weighted by atomic mass is 9.98. The van der Waals surface area contributed by atoms with E-state index in [0.29, 0.717) is 25.4 Å². The van der Waals surface area contributed by atoms with Gasteiger partial charge in [-0.3, -0.25) is 9.59 Å². The number of esters is 2. The molecule has 0 amide bonds. The van der Waals surface area contributed by atoms with E-state index in [0.717, 1.165) is 75.2 Å². The molecule has 196 valence electrons. The van der Waals surface area contributed by atoms with E-state index in [4.69, 9.17) is 9.47 Å². The molecule has 0 aromatic heterocycles. The number of hydrogen-bond acceptors (Lipinski definition) is 5. The normalized spacial score (nSPS) is 16.9. The molecule has 1 aliphatic carbocycles. The van der Waals surface area contributed by atoms with E-state index in [1.165, 1.54) is 30.6 Å². The second kappa shape index (κ2) is 20.0. The first kappa shape index (κ1) is 30.8. The summed E-state index contributed by atoms with van der Waals surface area (Å²) in [6, 6.07) is 0. The molecule has 0 fully saturated rings. The zero-order valence-corrected chi connectivity index (χ0v) is 23.2. The molecule has 0 aromatic carbocycles. The molecule has 4 nitrogen and oxygen atoms in total. The van der Waals surface area contributed by atoms with Crippen LogP contribution in [0.3, 0.4) is 0 Å². The highest BCUT2D eigenvalue weighted by Gasteiger charge is 2.26. The van der Waals surface area contributed by atoms with Gasteiger partial charge in [0.15, 0.2) is 0 Å². The molecular weight excluding hydrogens is 444 g/mol. The van der Waals surface area contributed by atoms with Crippen molar-refractivity contribution in [3.05, 3.63) is 22.8 Å². The molecule has 34 heavy (non-hydrogen) atoms. The van der Waals surface area contributed by atoms with Gasteiger partial charge in [0.1, 0.15) is 5.76 Å². The van der Waals surface area contributed by atoms with E-state index in [1.807, 2.05) is 18.7 Å². The van der Waals surface area contributed by atoms with Crippen LogP contribution in [-0.2, 0) is 19.1 Å². The van der Waals surface area contributed by atoms with Gasteiger partial charge >= 0.3 is 11.9 Å². The van der Waals surface area contributed by atoms with Gasteiger partial charge < -0.3 is 9.47 Å². The number of hydrogen-bond donors (Lipinski definition) is 0. The standard InChI is InChI=1S/C29H50O4S/c1-5-8-16-24(4)17-12-13-18-25-20-21-26(33-28(31)15-7-3)29(25)34-23-14-10-11-19-27(30)32-22-9-6-2/h13,18,24-25H,5-12,14-17,19-23H2,1-4H3/b18-13+. The van der Waals surface area contributed by atoms with E-state index >= 15 is 0 Å². The molecule has 0 aromatic rings. The van der Waals surface area contributed by atoms with Crippen LogP contribution >= 0.6 is 11.8 Å². The Kier molecular flexibility index (Phi) is 18.1. The predicted octanol–water partition coefficient (Wildman–Crippen LogP) is 8.75. The third-order valence-corrected chi connectivity index (χ3v) is 7.61. The molecular formula is C29H50O4S. The highest BCUT2D eigenvalue weighted by atomic mass is 32.2. The summed E-state index contributed by atoms with van der Waals surface area (Å²) in [5.41, 5.74) is 0. The number of ether oxygens (including phenoxy) is 2. The molecule has 0 saturated heterocycles. The second-order valence-electron chi connectivity index (χ2n) is 9.64. The van der Waals surface area contributed by atoms with Crippen molar-refractivity contribution in [2.24, 2.45) is 11.8 Å². The van der Waals surface area contributed by atoms with Crippen molar-refractivity contribution < 1.29 is 19.1 Å². The van der Waals surface area contributed by atoms with E-state index < -0.39 is 0 Å². The number of unbranched alkanes of at least 4 members (excludes halogenated alkanes) is 4. The smallest absolute Gasteiger partial charge is 0.310 e. The van der Waals surface area contributed by atoms with Crippen molar-refractivity contribution in [3.63, 3.8) is 0 Å². The average Bonchev–Trinajstić information content (AvgIpc) is 3.18. The van der Waals surface area contributed by atoms with Crippen LogP contribution in [0.2, 0.25) is 0 Å². The van der Waals surface area contributed by atoms with E-state index in [-0.39, 0.29) is 11.9 Å². The van der Waals surface area contributed by atoms with Gasteiger partial charge in [0.05, 0.1) is 6.61 Å². The summed E-state index contributed by atoms with van der Waals surface area (Å²) in [5.74, 6) is 2.87. The highest BCUT2D eigenvalue weighted by molar-refractivity contribution is 8.03. The topological polar surface area (TPSA) is 52.6 Å². The Balaban J connectivity index is 2.49. The minimum Gasteiger partial charge on any atom is -0.466 e. The number of carbonyl (C=O) groups excluding carboxylic acids is 2. The monoisotopic (exact) mass is 494 g/mol. The van der Waals surface area contributed by atoms with Crippen molar-refractivity contribution >= 4 is 23.7 Å². The molecule has 0 spiro atoms. The van der Waals surface area contributed by atoms with Crippen molar-refractivity contribution in [1.82, 2.24) is 0 Å². The van der Waals surface area contributed by atoms with Crippen LogP contribution in [-0.4, -0.2) is 24.3 Å². The van der Waals surface area contributed by atoms with Crippen molar-refractivity contribution in [2.45, 2.75) is 124 Å². The molecule has 2 unspecified atom stereocenters. The summed E-state index contributed by atoms with van der Waals surface area (Å²) in [7, 11) is 0. The van der Waals surface area contributed by atoms with Crippen LogP contribution in [0.4, 0.5) is 0 Å². The Labute approximate surface area is 213 Å². The number of allylic oxidation sites excluding steroid dienone is 4. The Hall–Kier alpha value is -1.23. The van der Waals surface area contributed by atoms with Crippen LogP contribution < -0.4 is 0 Å². The van der Waals surface area contributed by atoms with Gasteiger partial charge in [-0.05, 0) is 56.6 Å². The van der Waals surface area contributed by atoms with Crippen LogP contribution in [0.1, 0.15) is 124 Å². The predicted molar refractivity (Wildman–Crippen MR) is 145 cm³/mol. The summed E-state index contributed by atoms with van der Waals surface area (Å²) in [5, 5.41) is 0. The van der Waals surface area contributed by atoms with E-state index in [1.54, 1.807) is 0 Å². The Bertz CT molecular complexity index is 626. The molecule has 1 aliphatic rings. The average molecular weight is 495 g/mol. The largest absolute Gasteiger partial charge is 0.466 e. The first-order chi connectivity index (χ1) is 16.5. The lowest BCUT2D eigenvalue weighted by molar-refractivity contribution is -0.144. The van der Waals surface area contributed by atoms with Gasteiger partial charge in [0, 0.05) is 30.1 Å². The molecule has 1 rings (SSSR count). The van der Waals surface area contributed by atoms with Crippen molar-refractivity contribution in [1.29, 1.82) is 0 Å². The van der Waals surface area contributed by atoms with Crippen LogP contribution in [0, 0.1) is 11.8 Å².